The number of methoxy groups -OCH3 is 2. The van der Waals surface area contributed by atoms with Crippen LogP contribution in [0, 0.1) is 0 Å². The molecule has 20 heavy (non-hydrogen) atoms. The summed E-state index contributed by atoms with van der Waals surface area (Å²) < 4.78 is 10.1. The summed E-state index contributed by atoms with van der Waals surface area (Å²) in [4.78, 5) is 23.1. The van der Waals surface area contributed by atoms with Crippen LogP contribution >= 0.6 is 0 Å². The van der Waals surface area contributed by atoms with Gasteiger partial charge < -0.3 is 19.9 Å². The number of rotatable bonds is 6. The Labute approximate surface area is 117 Å². The minimum Gasteiger partial charge on any atom is -0.478 e. The van der Waals surface area contributed by atoms with E-state index in [9.17, 15) is 9.59 Å². The average molecular weight is 281 g/mol. The molecule has 1 amide bonds. The zero-order valence-electron chi connectivity index (χ0n) is 12.0. The smallest absolute Gasteiger partial charge is 0.335 e. The molecule has 0 radical (unpaired) electrons. The van der Waals surface area contributed by atoms with Crippen molar-refractivity contribution < 1.29 is 24.2 Å². The van der Waals surface area contributed by atoms with E-state index in [1.165, 1.54) is 26.4 Å². The maximum Gasteiger partial charge on any atom is 0.335 e. The number of aromatic carboxylic acids is 1. The molecule has 0 spiro atoms. The van der Waals surface area contributed by atoms with Crippen molar-refractivity contribution in [1.29, 1.82) is 0 Å². The lowest BCUT2D eigenvalue weighted by Crippen LogP contribution is -2.38. The van der Waals surface area contributed by atoms with E-state index in [1.54, 1.807) is 19.9 Å². The van der Waals surface area contributed by atoms with E-state index in [1.807, 2.05) is 0 Å². The first-order valence-corrected chi connectivity index (χ1v) is 6.03. The topological polar surface area (TPSA) is 84.9 Å². The van der Waals surface area contributed by atoms with E-state index < -0.39 is 11.6 Å². The summed E-state index contributed by atoms with van der Waals surface area (Å²) in [7, 11) is 2.95. The Morgan fingerprint density at radius 3 is 2.40 bits per heavy atom. The molecular weight excluding hydrogens is 262 g/mol. The maximum atomic E-state index is 12.0. The summed E-state index contributed by atoms with van der Waals surface area (Å²) in [5.41, 5.74) is 0.149. The van der Waals surface area contributed by atoms with E-state index in [-0.39, 0.29) is 18.1 Å². The van der Waals surface area contributed by atoms with Gasteiger partial charge in [-0.05, 0) is 37.6 Å². The number of carboxylic acids is 1. The van der Waals surface area contributed by atoms with E-state index >= 15 is 0 Å². The summed E-state index contributed by atoms with van der Waals surface area (Å²) in [6.07, 6.45) is 0. The number of ether oxygens (including phenoxy) is 2. The molecule has 0 unspecified atom stereocenters. The number of anilines is 1. The zero-order chi connectivity index (χ0) is 15.3. The van der Waals surface area contributed by atoms with E-state index in [0.717, 1.165) is 0 Å². The fourth-order valence-electron chi connectivity index (χ4n) is 1.51. The molecule has 1 rings (SSSR count). The predicted octanol–water partition coefficient (Wildman–Crippen LogP) is 1.89. The van der Waals surface area contributed by atoms with Gasteiger partial charge in [0.25, 0.3) is 5.91 Å². The quantitative estimate of drug-likeness (QED) is 0.831. The van der Waals surface area contributed by atoms with Crippen molar-refractivity contribution >= 4 is 17.6 Å². The Hall–Kier alpha value is -1.92. The fourth-order valence-corrected chi connectivity index (χ4v) is 1.51. The van der Waals surface area contributed by atoms with Crippen LogP contribution in [0.25, 0.3) is 0 Å². The van der Waals surface area contributed by atoms with Crippen LogP contribution in [0.5, 0.6) is 0 Å². The maximum absolute atomic E-state index is 12.0. The van der Waals surface area contributed by atoms with E-state index in [4.69, 9.17) is 14.6 Å². The molecular formula is C14H19NO5. The summed E-state index contributed by atoms with van der Waals surface area (Å²) in [6.45, 7) is 3.51. The highest BCUT2D eigenvalue weighted by molar-refractivity contribution is 5.98. The van der Waals surface area contributed by atoms with E-state index in [0.29, 0.717) is 11.3 Å². The number of hydrogen-bond acceptors (Lipinski definition) is 4. The number of carboxylic acid groups (broad SMARTS) is 1. The first-order valence-electron chi connectivity index (χ1n) is 6.03. The number of amides is 1. The molecule has 0 aromatic heterocycles. The van der Waals surface area contributed by atoms with Crippen molar-refractivity contribution in [2.75, 3.05) is 19.5 Å². The average Bonchev–Trinajstić information content (AvgIpc) is 2.38. The van der Waals surface area contributed by atoms with Gasteiger partial charge in [0.05, 0.1) is 12.2 Å². The normalized spacial score (nSPS) is 11.2. The lowest BCUT2D eigenvalue weighted by atomic mass is 10.1. The third-order valence-electron chi connectivity index (χ3n) is 2.87. The Morgan fingerprint density at radius 1 is 1.25 bits per heavy atom. The Bertz CT molecular complexity index is 510. The Morgan fingerprint density at radius 2 is 1.90 bits per heavy atom. The molecule has 0 aliphatic rings. The van der Waals surface area contributed by atoms with Crippen molar-refractivity contribution in [3.63, 3.8) is 0 Å². The largest absolute Gasteiger partial charge is 0.478 e. The molecule has 0 atom stereocenters. The summed E-state index contributed by atoms with van der Waals surface area (Å²) in [5, 5.41) is 11.7. The van der Waals surface area contributed by atoms with Gasteiger partial charge in [0.1, 0.15) is 5.60 Å². The van der Waals surface area contributed by atoms with Crippen LogP contribution in [-0.2, 0) is 20.9 Å². The van der Waals surface area contributed by atoms with Crippen molar-refractivity contribution in [1.82, 2.24) is 0 Å². The fraction of sp³-hybridized carbons (Fsp3) is 0.429. The van der Waals surface area contributed by atoms with Crippen molar-refractivity contribution in [2.24, 2.45) is 0 Å². The van der Waals surface area contributed by atoms with Gasteiger partial charge in [-0.1, -0.05) is 0 Å². The van der Waals surface area contributed by atoms with Crippen LogP contribution < -0.4 is 5.32 Å². The second-order valence-electron chi connectivity index (χ2n) is 4.83. The molecule has 0 aliphatic heterocycles. The number of benzene rings is 1. The van der Waals surface area contributed by atoms with Crippen molar-refractivity contribution in [2.45, 2.75) is 26.1 Å². The lowest BCUT2D eigenvalue weighted by molar-refractivity contribution is -0.133. The standard InChI is InChI=1S/C14H19NO5/c1-14(2,20-4)13(18)15-11-6-9(8-19-3)5-10(7-11)12(16)17/h5-7H,8H2,1-4H3,(H,15,18)(H,16,17). The molecule has 0 fully saturated rings. The van der Waals surface area contributed by atoms with Gasteiger partial charge in [-0.2, -0.15) is 0 Å². The minimum atomic E-state index is -1.07. The van der Waals surface area contributed by atoms with Gasteiger partial charge in [-0.3, -0.25) is 4.79 Å². The number of hydrogen-bond donors (Lipinski definition) is 2. The number of carbonyl (C=O) groups excluding carboxylic acids is 1. The van der Waals surface area contributed by atoms with Gasteiger partial charge in [-0.15, -0.1) is 0 Å². The summed E-state index contributed by atoms with van der Waals surface area (Å²) in [6, 6.07) is 4.56. The van der Waals surface area contributed by atoms with Crippen LogP contribution in [0.2, 0.25) is 0 Å². The molecule has 0 saturated carbocycles. The van der Waals surface area contributed by atoms with Gasteiger partial charge in [-0.25, -0.2) is 4.79 Å². The highest BCUT2D eigenvalue weighted by Crippen LogP contribution is 2.18. The second-order valence-corrected chi connectivity index (χ2v) is 4.83. The number of nitrogens with one attached hydrogen (secondary N) is 1. The van der Waals surface area contributed by atoms with Gasteiger partial charge in [0.15, 0.2) is 0 Å². The molecule has 2 N–H and O–H groups in total. The zero-order valence-corrected chi connectivity index (χ0v) is 12.0. The van der Waals surface area contributed by atoms with Gasteiger partial charge in [0, 0.05) is 19.9 Å². The molecule has 0 bridgehead atoms. The van der Waals surface area contributed by atoms with Gasteiger partial charge >= 0.3 is 5.97 Å². The first-order chi connectivity index (χ1) is 9.30. The van der Waals surface area contributed by atoms with Crippen LogP contribution in [-0.4, -0.2) is 36.8 Å². The summed E-state index contributed by atoms with van der Waals surface area (Å²) in [5.74, 6) is -1.42. The Kier molecular flexibility index (Phi) is 5.24. The molecule has 1 aromatic rings. The molecule has 6 nitrogen and oxygen atoms in total. The second kappa shape index (κ2) is 6.49. The number of carbonyl (C=O) groups is 2. The van der Waals surface area contributed by atoms with Crippen molar-refractivity contribution in [3.05, 3.63) is 29.3 Å². The van der Waals surface area contributed by atoms with Crippen LogP contribution in [0.1, 0.15) is 29.8 Å². The lowest BCUT2D eigenvalue weighted by Gasteiger charge is -2.22. The first kappa shape index (κ1) is 16.1. The summed E-state index contributed by atoms with van der Waals surface area (Å²) >= 11 is 0. The van der Waals surface area contributed by atoms with E-state index in [2.05, 4.69) is 5.32 Å². The minimum absolute atomic E-state index is 0.0880. The predicted molar refractivity (Wildman–Crippen MR) is 73.8 cm³/mol. The monoisotopic (exact) mass is 281 g/mol. The molecule has 0 saturated heterocycles. The molecule has 6 heteroatoms. The molecule has 0 heterocycles. The highest BCUT2D eigenvalue weighted by Gasteiger charge is 2.27. The Balaban J connectivity index is 3.05. The van der Waals surface area contributed by atoms with Gasteiger partial charge in [0.2, 0.25) is 0 Å². The third-order valence-corrected chi connectivity index (χ3v) is 2.87. The molecule has 110 valence electrons. The SMILES string of the molecule is COCc1cc(NC(=O)C(C)(C)OC)cc(C(=O)O)c1. The third kappa shape index (κ3) is 4.04. The van der Waals surface area contributed by atoms with Crippen LogP contribution in [0.4, 0.5) is 5.69 Å². The van der Waals surface area contributed by atoms with Crippen molar-refractivity contribution in [3.8, 4) is 0 Å². The highest BCUT2D eigenvalue weighted by atomic mass is 16.5. The van der Waals surface area contributed by atoms with Crippen LogP contribution in [0.15, 0.2) is 18.2 Å². The molecule has 1 aromatic carbocycles. The molecule has 0 aliphatic carbocycles. The van der Waals surface area contributed by atoms with Crippen LogP contribution in [0.3, 0.4) is 0 Å².